The molecule has 15 heteroatoms. The molecule has 0 bridgehead atoms. The van der Waals surface area contributed by atoms with Crippen molar-refractivity contribution in [1.29, 1.82) is 0 Å². The van der Waals surface area contributed by atoms with Gasteiger partial charge in [0.2, 0.25) is 0 Å². The van der Waals surface area contributed by atoms with Crippen molar-refractivity contribution >= 4 is 17.9 Å². The van der Waals surface area contributed by atoms with Crippen LogP contribution in [0.1, 0.15) is 72.7 Å². The van der Waals surface area contributed by atoms with Gasteiger partial charge in [-0.2, -0.15) is 39.5 Å². The maximum atomic E-state index is 13.9. The lowest BCUT2D eigenvalue weighted by molar-refractivity contribution is -0.143. The average Bonchev–Trinajstić information content (AvgIpc) is 2.90. The third-order valence-corrected chi connectivity index (χ3v) is 6.16. The molecule has 0 unspecified atom stereocenters. The minimum absolute atomic E-state index is 0.166. The lowest BCUT2D eigenvalue weighted by atomic mass is 9.87. The molecule has 2 aromatic carbocycles. The Hall–Kier alpha value is -3.65. The molecule has 0 N–H and O–H groups in total. The molecule has 6 nitrogen and oxygen atoms in total. The minimum atomic E-state index is -5.39. The lowest BCUT2D eigenvalue weighted by Gasteiger charge is -2.43. The number of carbonyl (C=O) groups excluding carboxylic acids is 2. The number of amides is 2. The van der Waals surface area contributed by atoms with E-state index >= 15 is 0 Å². The Morgan fingerprint density at radius 3 is 2.10 bits per heavy atom. The zero-order valence-corrected chi connectivity index (χ0v) is 20.4. The van der Waals surface area contributed by atoms with Crippen LogP contribution >= 0.6 is 0 Å². The van der Waals surface area contributed by atoms with E-state index in [1.807, 2.05) is 0 Å². The molecule has 0 aromatic heterocycles. The highest BCUT2D eigenvalue weighted by molar-refractivity contribution is 5.90. The molecule has 0 aliphatic carbocycles. The summed E-state index contributed by atoms with van der Waals surface area (Å²) in [6, 6.07) is -2.30. The number of carbonyl (C=O) groups is 2. The van der Waals surface area contributed by atoms with Gasteiger partial charge in [0.1, 0.15) is 0 Å². The summed E-state index contributed by atoms with van der Waals surface area (Å²) in [6.45, 7) is -8.48. The van der Waals surface area contributed by atoms with Crippen LogP contribution in [0.5, 0.6) is 0 Å². The first-order chi connectivity index (χ1) is 22.4. The van der Waals surface area contributed by atoms with Crippen molar-refractivity contribution in [2.45, 2.75) is 63.7 Å². The van der Waals surface area contributed by atoms with Crippen molar-refractivity contribution in [3.8, 4) is 0 Å². The average molecular weight is 610 g/mol. The minimum Gasteiger partial charge on any atom is -0.453 e. The van der Waals surface area contributed by atoms with Crippen LogP contribution in [0.25, 0.3) is 0 Å². The van der Waals surface area contributed by atoms with Crippen molar-refractivity contribution in [3.63, 3.8) is 0 Å². The molecular formula is C26H25F9N2O4. The lowest BCUT2D eigenvalue weighted by Crippen LogP contribution is -2.48. The van der Waals surface area contributed by atoms with Crippen LogP contribution in [-0.4, -0.2) is 36.8 Å². The van der Waals surface area contributed by atoms with Gasteiger partial charge in [-0.25, -0.2) is 9.59 Å². The second-order valence-corrected chi connectivity index (χ2v) is 8.72. The van der Waals surface area contributed by atoms with Crippen molar-refractivity contribution < 1.29 is 70.9 Å². The number of alkyl halides is 9. The number of hydrogen-bond donors (Lipinski definition) is 0. The maximum Gasteiger partial charge on any atom is 0.416 e. The molecule has 3 rings (SSSR count). The van der Waals surface area contributed by atoms with Gasteiger partial charge in [0.05, 0.1) is 46.2 Å². The number of benzene rings is 2. The van der Waals surface area contributed by atoms with Crippen molar-refractivity contribution in [2.75, 3.05) is 18.5 Å². The van der Waals surface area contributed by atoms with E-state index in [9.17, 15) is 49.1 Å². The van der Waals surface area contributed by atoms with Crippen LogP contribution in [0.15, 0.2) is 36.4 Å². The number of hydrogen-bond acceptors (Lipinski definition) is 4. The van der Waals surface area contributed by atoms with E-state index in [1.54, 1.807) is 0 Å². The number of ether oxygens (including phenoxy) is 2. The molecule has 41 heavy (non-hydrogen) atoms. The molecule has 2 amide bonds. The Labute approximate surface area is 241 Å². The van der Waals surface area contributed by atoms with Crippen LogP contribution < -0.4 is 4.90 Å². The highest BCUT2D eigenvalue weighted by atomic mass is 19.4. The summed E-state index contributed by atoms with van der Waals surface area (Å²) in [5.41, 5.74) is -7.50. The number of rotatable bonds is 5. The van der Waals surface area contributed by atoms with Gasteiger partial charge in [-0.05, 0) is 67.2 Å². The van der Waals surface area contributed by atoms with Gasteiger partial charge in [-0.15, -0.1) is 0 Å². The summed E-state index contributed by atoms with van der Waals surface area (Å²) in [4.78, 5) is 27.2. The molecule has 0 spiro atoms. The van der Waals surface area contributed by atoms with Gasteiger partial charge in [-0.1, -0.05) is 6.85 Å². The number of halogens is 9. The van der Waals surface area contributed by atoms with Crippen LogP contribution in [-0.2, 0) is 34.5 Å². The van der Waals surface area contributed by atoms with Crippen LogP contribution in [0, 0.1) is 0 Å². The Kier molecular flexibility index (Phi) is 6.02. The van der Waals surface area contributed by atoms with E-state index in [0.29, 0.717) is 23.1 Å². The molecule has 0 saturated carbocycles. The zero-order chi connectivity index (χ0) is 38.4. The van der Waals surface area contributed by atoms with Gasteiger partial charge >= 0.3 is 30.7 Å². The Morgan fingerprint density at radius 1 is 0.927 bits per heavy atom. The van der Waals surface area contributed by atoms with Gasteiger partial charge < -0.3 is 9.47 Å². The van der Waals surface area contributed by atoms with E-state index < -0.39 is 123 Å². The summed E-state index contributed by atoms with van der Waals surface area (Å²) >= 11 is 0. The summed E-state index contributed by atoms with van der Waals surface area (Å²) in [5.74, 6) is 0. The Bertz CT molecular complexity index is 1540. The van der Waals surface area contributed by atoms with Crippen LogP contribution in [0.4, 0.5) is 54.8 Å². The third kappa shape index (κ3) is 6.99. The third-order valence-electron chi connectivity index (χ3n) is 6.16. The molecule has 0 fully saturated rings. The maximum absolute atomic E-state index is 13.9. The molecule has 2 aromatic rings. The van der Waals surface area contributed by atoms with Gasteiger partial charge in [0.25, 0.3) is 0 Å². The summed E-state index contributed by atoms with van der Waals surface area (Å²) in [7, 11) is -3.62. The fourth-order valence-corrected chi connectivity index (χ4v) is 4.42. The Morgan fingerprint density at radius 2 is 1.56 bits per heavy atom. The first-order valence-corrected chi connectivity index (χ1v) is 11.3. The predicted molar refractivity (Wildman–Crippen MR) is 127 cm³/mol. The normalized spacial score (nSPS) is 21.8. The monoisotopic (exact) mass is 609 g/mol. The first-order valence-electron chi connectivity index (χ1n) is 15.8. The smallest absolute Gasteiger partial charge is 0.416 e. The predicted octanol–water partition coefficient (Wildman–Crippen LogP) is 8.20. The molecule has 2 atom stereocenters. The van der Waals surface area contributed by atoms with E-state index in [-0.39, 0.29) is 23.1 Å². The number of methoxy groups -OCH3 is 1. The molecule has 0 radical (unpaired) electrons. The highest BCUT2D eigenvalue weighted by Crippen LogP contribution is 2.45. The van der Waals surface area contributed by atoms with Gasteiger partial charge in [-0.3, -0.25) is 9.80 Å². The topological polar surface area (TPSA) is 59.1 Å². The number of fused-ring (bicyclic) bond motifs is 1. The van der Waals surface area contributed by atoms with E-state index in [1.165, 1.54) is 0 Å². The van der Waals surface area contributed by atoms with Gasteiger partial charge in [0, 0.05) is 20.8 Å². The largest absolute Gasteiger partial charge is 0.453 e. The van der Waals surface area contributed by atoms with Crippen molar-refractivity contribution in [3.05, 3.63) is 64.2 Å². The Balaban J connectivity index is 2.34. The molecule has 0 saturated heterocycles. The van der Waals surface area contributed by atoms with Crippen LogP contribution in [0.2, 0.25) is 0 Å². The molecule has 1 aliphatic rings. The fraction of sp³-hybridized carbons (Fsp3) is 0.462. The number of nitrogens with zero attached hydrogens (tertiary/aromatic N) is 2. The second kappa shape index (κ2) is 11.7. The summed E-state index contributed by atoms with van der Waals surface area (Å²) in [6.07, 6.45) is -21.4. The number of anilines is 1. The fourth-order valence-electron chi connectivity index (χ4n) is 4.42. The SMILES string of the molecule is [2H]C([2H])([2H])COC(=O)N1c2ccc(C(F)(F)F)cc2[C@@H](N(Cc2cc(C(F)(F)F)cc(C(F)(F)F)c2)C(=O)OC([2H])([2H])[2H])C[C@@H]1CC([2H])([2H])[2H]. The highest BCUT2D eigenvalue weighted by Gasteiger charge is 2.43. The second-order valence-electron chi connectivity index (χ2n) is 8.72. The summed E-state index contributed by atoms with van der Waals surface area (Å²) < 4.78 is 200. The van der Waals surface area contributed by atoms with E-state index in [2.05, 4.69) is 4.74 Å². The van der Waals surface area contributed by atoms with Crippen LogP contribution in [0.3, 0.4) is 0 Å². The zero-order valence-electron chi connectivity index (χ0n) is 29.4. The molecular weight excluding hydrogens is 575 g/mol. The van der Waals surface area contributed by atoms with Crippen molar-refractivity contribution in [1.82, 2.24) is 4.90 Å². The molecule has 1 heterocycles. The molecule has 1 aliphatic heterocycles. The van der Waals surface area contributed by atoms with Gasteiger partial charge in [0.15, 0.2) is 0 Å². The standard InChI is InChI=1S/C26H25F9N2O4/c1-4-18-12-21(19-11-15(24(27,28)29)6-7-20(19)37(18)23(39)41-5-2)36(22(38)40-3)13-14-8-16(25(30,31)32)10-17(9-14)26(33,34)35/h6-11,18,21H,4-5,12-13H2,1-3H3/t18-,21-/m0/s1/i1D3,2D3,3D3. The molecule has 226 valence electrons. The van der Waals surface area contributed by atoms with E-state index in [0.717, 1.165) is 0 Å². The summed E-state index contributed by atoms with van der Waals surface area (Å²) in [5, 5.41) is 0. The van der Waals surface area contributed by atoms with Crippen molar-refractivity contribution in [2.24, 2.45) is 0 Å². The van der Waals surface area contributed by atoms with E-state index in [4.69, 9.17) is 17.1 Å². The quantitative estimate of drug-likeness (QED) is 0.321. The first kappa shape index (κ1) is 21.1.